The molecular formula is C28H30N2O6. The minimum absolute atomic E-state index is 0.145. The lowest BCUT2D eigenvalue weighted by molar-refractivity contribution is -0.153. The van der Waals surface area contributed by atoms with E-state index in [0.29, 0.717) is 34.7 Å². The molecule has 0 saturated heterocycles. The van der Waals surface area contributed by atoms with Gasteiger partial charge in [-0.05, 0) is 50.5 Å². The van der Waals surface area contributed by atoms with Gasteiger partial charge in [-0.1, -0.05) is 24.3 Å². The molecule has 2 aromatic rings. The van der Waals surface area contributed by atoms with Gasteiger partial charge in [-0.25, -0.2) is 4.79 Å². The maximum atomic E-state index is 14.3. The molecule has 2 aliphatic rings. The van der Waals surface area contributed by atoms with E-state index in [0.717, 1.165) is 5.56 Å². The molecular weight excluding hydrogens is 460 g/mol. The molecule has 0 amide bonds. The molecule has 1 saturated carbocycles. The fraction of sp³-hybridized carbons (Fsp3) is 0.393. The van der Waals surface area contributed by atoms with Gasteiger partial charge in [0.2, 0.25) is 0 Å². The third kappa shape index (κ3) is 4.55. The minimum atomic E-state index is -1.08. The maximum absolute atomic E-state index is 14.3. The molecule has 1 unspecified atom stereocenters. The van der Waals surface area contributed by atoms with E-state index < -0.39 is 35.6 Å². The Bertz CT molecular complexity index is 1220. The quantitative estimate of drug-likeness (QED) is 0.426. The highest BCUT2D eigenvalue weighted by Crippen LogP contribution is 2.49. The number of ketones is 1. The van der Waals surface area contributed by atoms with E-state index >= 15 is 0 Å². The molecule has 1 aliphatic heterocycles. The third-order valence-corrected chi connectivity index (χ3v) is 6.77. The largest absolute Gasteiger partial charge is 0.496 e. The van der Waals surface area contributed by atoms with Crippen LogP contribution in [0.1, 0.15) is 50.2 Å². The van der Waals surface area contributed by atoms with E-state index in [4.69, 9.17) is 19.2 Å². The lowest BCUT2D eigenvalue weighted by Gasteiger charge is -2.41. The van der Waals surface area contributed by atoms with Crippen molar-refractivity contribution in [3.8, 4) is 5.75 Å². The SMILES string of the molecule is CCOC(=O)C1=C(C)N=C2C[C@H](c3ccccc3OC)[C@H](C(=O)OCC)C(=O)C2[C@@H]1c1cccnc1. The number of hydrogen-bond donors (Lipinski definition) is 0. The first-order valence-corrected chi connectivity index (χ1v) is 12.1. The van der Waals surface area contributed by atoms with Crippen LogP contribution in [0.2, 0.25) is 0 Å². The summed E-state index contributed by atoms with van der Waals surface area (Å²) in [6, 6.07) is 10.9. The van der Waals surface area contributed by atoms with Gasteiger partial charge in [0.15, 0.2) is 5.78 Å². The van der Waals surface area contributed by atoms with Crippen molar-refractivity contribution in [1.82, 2.24) is 4.98 Å². The molecule has 0 radical (unpaired) electrons. The number of carbonyl (C=O) groups is 3. The number of para-hydroxylation sites is 1. The van der Waals surface area contributed by atoms with Gasteiger partial charge in [0.05, 0.1) is 31.8 Å². The molecule has 1 aliphatic carbocycles. The first kappa shape index (κ1) is 25.3. The number of Topliss-reactive ketones (excluding diaryl/α,β-unsaturated/α-hetero) is 1. The van der Waals surface area contributed by atoms with Crippen LogP contribution in [0, 0.1) is 11.8 Å². The number of hydrogen-bond acceptors (Lipinski definition) is 8. The zero-order valence-corrected chi connectivity index (χ0v) is 20.9. The molecule has 0 bridgehead atoms. The summed E-state index contributed by atoms with van der Waals surface area (Å²) in [5, 5.41) is 0. The molecule has 188 valence electrons. The Kier molecular flexibility index (Phi) is 7.62. The van der Waals surface area contributed by atoms with E-state index in [2.05, 4.69) is 4.98 Å². The van der Waals surface area contributed by atoms with Crippen LogP contribution < -0.4 is 4.74 Å². The zero-order chi connectivity index (χ0) is 25.8. The maximum Gasteiger partial charge on any atom is 0.336 e. The minimum Gasteiger partial charge on any atom is -0.496 e. The van der Waals surface area contributed by atoms with Crippen molar-refractivity contribution in [2.45, 2.75) is 39.0 Å². The highest BCUT2D eigenvalue weighted by Gasteiger charge is 2.53. The van der Waals surface area contributed by atoms with Crippen LogP contribution in [0.3, 0.4) is 0 Å². The van der Waals surface area contributed by atoms with Gasteiger partial charge < -0.3 is 14.2 Å². The summed E-state index contributed by atoms with van der Waals surface area (Å²) in [6.45, 7) is 5.52. The predicted octanol–water partition coefficient (Wildman–Crippen LogP) is 4.02. The number of aromatic nitrogens is 1. The molecule has 8 heteroatoms. The van der Waals surface area contributed by atoms with Crippen molar-refractivity contribution in [1.29, 1.82) is 0 Å². The monoisotopic (exact) mass is 490 g/mol. The first-order chi connectivity index (χ1) is 17.4. The molecule has 4 atom stereocenters. The molecule has 4 rings (SSSR count). The smallest absolute Gasteiger partial charge is 0.336 e. The Labute approximate surface area is 210 Å². The van der Waals surface area contributed by atoms with Crippen LogP contribution in [0.4, 0.5) is 0 Å². The highest BCUT2D eigenvalue weighted by atomic mass is 16.5. The number of rotatable bonds is 7. The summed E-state index contributed by atoms with van der Waals surface area (Å²) in [4.78, 5) is 49.6. The molecule has 36 heavy (non-hydrogen) atoms. The van der Waals surface area contributed by atoms with Crippen LogP contribution in [0.15, 0.2) is 65.1 Å². The van der Waals surface area contributed by atoms with Gasteiger partial charge in [0.25, 0.3) is 0 Å². The number of nitrogens with zero attached hydrogens (tertiary/aromatic N) is 2. The zero-order valence-electron chi connectivity index (χ0n) is 20.9. The molecule has 1 aromatic carbocycles. The fourth-order valence-corrected chi connectivity index (χ4v) is 5.34. The Morgan fingerprint density at radius 3 is 2.44 bits per heavy atom. The number of ether oxygens (including phenoxy) is 3. The number of fused-ring (bicyclic) bond motifs is 1. The molecule has 2 heterocycles. The summed E-state index contributed by atoms with van der Waals surface area (Å²) in [5.41, 5.74) is 2.85. The Morgan fingerprint density at radius 1 is 1.03 bits per heavy atom. The van der Waals surface area contributed by atoms with E-state index in [-0.39, 0.29) is 19.0 Å². The third-order valence-electron chi connectivity index (χ3n) is 6.77. The lowest BCUT2D eigenvalue weighted by Crippen LogP contribution is -2.48. The highest BCUT2D eigenvalue weighted by molar-refractivity contribution is 6.18. The van der Waals surface area contributed by atoms with Crippen molar-refractivity contribution >= 4 is 23.4 Å². The topological polar surface area (TPSA) is 104 Å². The second-order valence-corrected chi connectivity index (χ2v) is 8.75. The summed E-state index contributed by atoms with van der Waals surface area (Å²) >= 11 is 0. The van der Waals surface area contributed by atoms with Crippen LogP contribution in [0.5, 0.6) is 5.75 Å². The fourth-order valence-electron chi connectivity index (χ4n) is 5.34. The number of carbonyl (C=O) groups excluding carboxylic acids is 3. The molecule has 1 fully saturated rings. The van der Waals surface area contributed by atoms with Crippen molar-refractivity contribution in [3.05, 3.63) is 71.2 Å². The van der Waals surface area contributed by atoms with Crippen molar-refractivity contribution in [2.75, 3.05) is 20.3 Å². The van der Waals surface area contributed by atoms with Gasteiger partial charge >= 0.3 is 11.9 Å². The van der Waals surface area contributed by atoms with E-state index in [9.17, 15) is 14.4 Å². The number of benzene rings is 1. The number of allylic oxidation sites excluding steroid dienone is 1. The number of aliphatic imine (C=N–C) groups is 1. The molecule has 0 spiro atoms. The van der Waals surface area contributed by atoms with Crippen molar-refractivity contribution in [2.24, 2.45) is 16.8 Å². The van der Waals surface area contributed by atoms with Crippen molar-refractivity contribution in [3.63, 3.8) is 0 Å². The molecule has 1 aromatic heterocycles. The summed E-state index contributed by atoms with van der Waals surface area (Å²) in [5.74, 6) is -3.96. The van der Waals surface area contributed by atoms with Gasteiger partial charge in [-0.15, -0.1) is 0 Å². The standard InChI is InChI=1S/C28H30N2O6/c1-5-35-27(32)22-16(3)30-20-14-19(18-11-7-8-12-21(18)34-4)24(28(33)36-6-2)26(31)25(20)23(22)17-10-9-13-29-15-17/h7-13,15,19,23-25H,5-6,14H2,1-4H3/t19-,23-,24+,25?/m1/s1. The average Bonchev–Trinajstić information content (AvgIpc) is 2.88. The van der Waals surface area contributed by atoms with Gasteiger partial charge in [-0.2, -0.15) is 0 Å². The predicted molar refractivity (Wildman–Crippen MR) is 133 cm³/mol. The second kappa shape index (κ2) is 10.8. The van der Waals surface area contributed by atoms with Crippen LogP contribution >= 0.6 is 0 Å². The summed E-state index contributed by atoms with van der Waals surface area (Å²) in [6.07, 6.45) is 3.60. The Morgan fingerprint density at radius 2 is 1.78 bits per heavy atom. The second-order valence-electron chi connectivity index (χ2n) is 8.75. The van der Waals surface area contributed by atoms with Crippen LogP contribution in [0.25, 0.3) is 0 Å². The van der Waals surface area contributed by atoms with Crippen molar-refractivity contribution < 1.29 is 28.6 Å². The molecule has 8 nitrogen and oxygen atoms in total. The average molecular weight is 491 g/mol. The lowest BCUT2D eigenvalue weighted by atomic mass is 9.62. The Balaban J connectivity index is 1.90. The number of methoxy groups -OCH3 is 1. The van der Waals surface area contributed by atoms with Crippen LogP contribution in [-0.2, 0) is 23.9 Å². The number of pyridine rings is 1. The van der Waals surface area contributed by atoms with Gasteiger partial charge in [0, 0.05) is 35.6 Å². The first-order valence-electron chi connectivity index (χ1n) is 12.1. The van der Waals surface area contributed by atoms with E-state index in [1.54, 1.807) is 52.4 Å². The molecule has 0 N–H and O–H groups in total. The number of esters is 2. The van der Waals surface area contributed by atoms with E-state index in [1.165, 1.54) is 0 Å². The summed E-state index contributed by atoms with van der Waals surface area (Å²) < 4.78 is 16.3. The Hall–Kier alpha value is -3.81. The normalized spacial score (nSPS) is 23.4. The van der Waals surface area contributed by atoms with Gasteiger partial charge in [-0.3, -0.25) is 19.6 Å². The van der Waals surface area contributed by atoms with Gasteiger partial charge in [0.1, 0.15) is 11.7 Å². The van der Waals surface area contributed by atoms with E-state index in [1.807, 2.05) is 24.3 Å². The van der Waals surface area contributed by atoms with Crippen LogP contribution in [-0.4, -0.2) is 48.7 Å². The summed E-state index contributed by atoms with van der Waals surface area (Å²) in [7, 11) is 1.56.